The van der Waals surface area contributed by atoms with E-state index in [0.717, 1.165) is 30.5 Å². The summed E-state index contributed by atoms with van der Waals surface area (Å²) in [6.07, 6.45) is 10.6. The maximum atomic E-state index is 13.8. The average Bonchev–Trinajstić information content (AvgIpc) is 3.60. The Bertz CT molecular complexity index is 1660. The van der Waals surface area contributed by atoms with Crippen molar-refractivity contribution < 1.29 is 14.4 Å². The van der Waals surface area contributed by atoms with Crippen LogP contribution in [-0.2, 0) is 22.6 Å². The third-order valence-electron chi connectivity index (χ3n) is 10.4. The Morgan fingerprint density at radius 2 is 1.64 bits per heavy atom. The van der Waals surface area contributed by atoms with E-state index in [1.165, 1.54) is 21.6 Å². The molecule has 2 aliphatic heterocycles. The molecule has 3 amide bonds. The second-order valence-corrected chi connectivity index (χ2v) is 13.5. The van der Waals surface area contributed by atoms with Gasteiger partial charge in [-0.2, -0.15) is 0 Å². The standard InChI is InChI=1S/C36H42N6O3/c1-22-12-14-26-8-7-11-32(31(26)16-22)41-21-28(37-38-41)20-40-24(3)18-39(19-25(40)4)34(43)27-15-13-23(2)33(17-27)42-35(44)29-9-5-6-10-30(29)36(42)45/h5-6,12-17,21,24-25,29-30,32H,7-11,18-20H2,1-4H3/t24-,25+,29?,30?,32-/m1/s1. The summed E-state index contributed by atoms with van der Waals surface area (Å²) in [6, 6.07) is 12.6. The monoisotopic (exact) mass is 606 g/mol. The molecule has 0 saturated carbocycles. The number of amides is 3. The first-order chi connectivity index (χ1) is 21.7. The van der Waals surface area contributed by atoms with Crippen LogP contribution < -0.4 is 4.90 Å². The van der Waals surface area contributed by atoms with E-state index in [4.69, 9.17) is 0 Å². The Morgan fingerprint density at radius 3 is 2.36 bits per heavy atom. The first kappa shape index (κ1) is 29.6. The van der Waals surface area contributed by atoms with Crippen molar-refractivity contribution in [2.45, 2.75) is 84.5 Å². The fraction of sp³-hybridized carbons (Fsp3) is 0.472. The summed E-state index contributed by atoms with van der Waals surface area (Å²) in [4.78, 5) is 46.0. The van der Waals surface area contributed by atoms with E-state index < -0.39 is 0 Å². The molecule has 5 atom stereocenters. The molecule has 2 aromatic carbocycles. The second kappa shape index (κ2) is 11.7. The molecule has 4 aliphatic rings. The first-order valence-corrected chi connectivity index (χ1v) is 16.4. The highest BCUT2D eigenvalue weighted by Gasteiger charge is 2.48. The number of allylic oxidation sites excluding steroid dienone is 2. The number of carbonyl (C=O) groups excluding carboxylic acids is 3. The van der Waals surface area contributed by atoms with E-state index in [2.05, 4.69) is 60.4 Å². The van der Waals surface area contributed by atoms with Crippen molar-refractivity contribution >= 4 is 23.4 Å². The Labute approximate surface area is 264 Å². The first-order valence-electron chi connectivity index (χ1n) is 16.4. The number of nitrogens with zero attached hydrogens (tertiary/aromatic N) is 6. The number of aromatic nitrogens is 3. The lowest BCUT2D eigenvalue weighted by Gasteiger charge is -2.44. The second-order valence-electron chi connectivity index (χ2n) is 13.5. The zero-order valence-electron chi connectivity index (χ0n) is 26.6. The van der Waals surface area contributed by atoms with Crippen LogP contribution in [0.1, 0.15) is 83.9 Å². The van der Waals surface area contributed by atoms with Crippen LogP contribution in [0, 0.1) is 25.7 Å². The minimum Gasteiger partial charge on any atom is -0.336 e. The predicted octanol–water partition coefficient (Wildman–Crippen LogP) is 5.01. The summed E-state index contributed by atoms with van der Waals surface area (Å²) < 4.78 is 2.04. The van der Waals surface area contributed by atoms with Gasteiger partial charge in [-0.05, 0) is 88.6 Å². The van der Waals surface area contributed by atoms with Crippen molar-refractivity contribution in [1.29, 1.82) is 0 Å². The highest BCUT2D eigenvalue weighted by atomic mass is 16.2. The van der Waals surface area contributed by atoms with Gasteiger partial charge in [0, 0.05) is 37.3 Å². The molecule has 3 aromatic rings. The lowest BCUT2D eigenvalue weighted by atomic mass is 9.85. The smallest absolute Gasteiger partial charge is 0.254 e. The molecule has 45 heavy (non-hydrogen) atoms. The molecule has 2 aliphatic carbocycles. The van der Waals surface area contributed by atoms with E-state index in [0.29, 0.717) is 43.7 Å². The van der Waals surface area contributed by atoms with Gasteiger partial charge < -0.3 is 4.90 Å². The molecule has 3 heterocycles. The molecule has 2 fully saturated rings. The van der Waals surface area contributed by atoms with Crippen LogP contribution >= 0.6 is 0 Å². The number of aryl methyl sites for hydroxylation is 3. The van der Waals surface area contributed by atoms with Gasteiger partial charge in [0.25, 0.3) is 5.91 Å². The number of benzene rings is 2. The Hall–Kier alpha value is -4.11. The summed E-state index contributed by atoms with van der Waals surface area (Å²) in [5, 5.41) is 9.14. The summed E-state index contributed by atoms with van der Waals surface area (Å²) >= 11 is 0. The van der Waals surface area contributed by atoms with Crippen LogP contribution in [-0.4, -0.2) is 67.7 Å². The molecule has 9 nitrogen and oxygen atoms in total. The zero-order chi connectivity index (χ0) is 31.4. The molecular weight excluding hydrogens is 564 g/mol. The van der Waals surface area contributed by atoms with Gasteiger partial charge in [0.2, 0.25) is 11.8 Å². The lowest BCUT2D eigenvalue weighted by Crippen LogP contribution is -2.57. The van der Waals surface area contributed by atoms with Crippen LogP contribution in [0.2, 0.25) is 0 Å². The van der Waals surface area contributed by atoms with Gasteiger partial charge in [-0.15, -0.1) is 5.10 Å². The topological polar surface area (TPSA) is 91.6 Å². The Balaban J connectivity index is 1.04. The SMILES string of the molecule is Cc1ccc2c(c1)[C@H](n1cc(CN3[C@H](C)CN(C(=O)c4ccc(C)c(N5C(=O)C6CC=CCC6C5=O)c4)C[C@@H]3C)nn1)CCC2. The number of piperazine rings is 1. The van der Waals surface area contributed by atoms with Gasteiger partial charge in [-0.25, -0.2) is 9.58 Å². The molecule has 2 unspecified atom stereocenters. The van der Waals surface area contributed by atoms with E-state index >= 15 is 0 Å². The van der Waals surface area contributed by atoms with Gasteiger partial charge in [-0.1, -0.05) is 47.2 Å². The van der Waals surface area contributed by atoms with Crippen molar-refractivity contribution in [2.24, 2.45) is 11.8 Å². The summed E-state index contributed by atoms with van der Waals surface area (Å²) in [6.45, 7) is 10.2. The summed E-state index contributed by atoms with van der Waals surface area (Å²) in [5.74, 6) is -0.999. The molecule has 2 saturated heterocycles. The van der Waals surface area contributed by atoms with E-state index in [1.54, 1.807) is 6.07 Å². The Kier molecular flexibility index (Phi) is 7.68. The number of imide groups is 1. The quantitative estimate of drug-likeness (QED) is 0.300. The molecule has 0 spiro atoms. The Morgan fingerprint density at radius 1 is 0.933 bits per heavy atom. The molecule has 9 heteroatoms. The van der Waals surface area contributed by atoms with Gasteiger partial charge in [-0.3, -0.25) is 19.3 Å². The minimum atomic E-state index is -0.305. The van der Waals surface area contributed by atoms with E-state index in [9.17, 15) is 14.4 Å². The number of rotatable bonds is 5. The van der Waals surface area contributed by atoms with Crippen LogP contribution in [0.15, 0.2) is 54.7 Å². The number of hydrogen-bond acceptors (Lipinski definition) is 6. The van der Waals surface area contributed by atoms with Gasteiger partial charge in [0.05, 0.1) is 35.5 Å². The summed E-state index contributed by atoms with van der Waals surface area (Å²) in [7, 11) is 0. The van der Waals surface area contributed by atoms with Crippen molar-refractivity contribution in [3.05, 3.63) is 88.3 Å². The molecule has 0 radical (unpaired) electrons. The van der Waals surface area contributed by atoms with Crippen LogP contribution in [0.4, 0.5) is 5.69 Å². The molecule has 0 N–H and O–H groups in total. The largest absolute Gasteiger partial charge is 0.336 e. The maximum absolute atomic E-state index is 13.8. The van der Waals surface area contributed by atoms with Gasteiger partial charge in [0.15, 0.2) is 0 Å². The van der Waals surface area contributed by atoms with Crippen LogP contribution in [0.25, 0.3) is 0 Å². The fourth-order valence-electron chi connectivity index (χ4n) is 7.93. The molecule has 0 bridgehead atoms. The summed E-state index contributed by atoms with van der Waals surface area (Å²) in [5.41, 5.74) is 6.82. The van der Waals surface area contributed by atoms with Gasteiger partial charge >= 0.3 is 0 Å². The average molecular weight is 607 g/mol. The normalized spacial score (nSPS) is 26.7. The van der Waals surface area contributed by atoms with Crippen molar-refractivity contribution in [3.63, 3.8) is 0 Å². The molecule has 234 valence electrons. The molecule has 1 aromatic heterocycles. The lowest BCUT2D eigenvalue weighted by molar-refractivity contribution is -0.122. The maximum Gasteiger partial charge on any atom is 0.254 e. The van der Waals surface area contributed by atoms with Crippen LogP contribution in [0.5, 0.6) is 0 Å². The highest BCUT2D eigenvalue weighted by Crippen LogP contribution is 2.39. The van der Waals surface area contributed by atoms with Crippen molar-refractivity contribution in [3.8, 4) is 0 Å². The predicted molar refractivity (Wildman–Crippen MR) is 172 cm³/mol. The number of fused-ring (bicyclic) bond motifs is 2. The van der Waals surface area contributed by atoms with Crippen molar-refractivity contribution in [2.75, 3.05) is 18.0 Å². The van der Waals surface area contributed by atoms with E-state index in [1.807, 2.05) is 40.8 Å². The van der Waals surface area contributed by atoms with Crippen molar-refractivity contribution in [1.82, 2.24) is 24.8 Å². The molecular formula is C36H42N6O3. The highest BCUT2D eigenvalue weighted by molar-refractivity contribution is 6.22. The number of hydrogen-bond donors (Lipinski definition) is 0. The van der Waals surface area contributed by atoms with Crippen LogP contribution in [0.3, 0.4) is 0 Å². The minimum absolute atomic E-state index is 0.0787. The van der Waals surface area contributed by atoms with Gasteiger partial charge in [0.1, 0.15) is 0 Å². The zero-order valence-corrected chi connectivity index (χ0v) is 26.6. The number of anilines is 1. The third kappa shape index (κ3) is 5.31. The van der Waals surface area contributed by atoms with E-state index in [-0.39, 0.29) is 47.7 Å². The fourth-order valence-corrected chi connectivity index (χ4v) is 7.93. The molecule has 7 rings (SSSR count). The number of carbonyl (C=O) groups is 3. The third-order valence-corrected chi connectivity index (χ3v) is 10.4.